The van der Waals surface area contributed by atoms with Crippen molar-refractivity contribution in [2.75, 3.05) is 13.1 Å². The zero-order valence-electron chi connectivity index (χ0n) is 13.2. The maximum atomic E-state index is 12.3. The zero-order chi connectivity index (χ0) is 16.4. The summed E-state index contributed by atoms with van der Waals surface area (Å²) in [6, 6.07) is 9.05. The molecule has 0 atom stereocenters. The summed E-state index contributed by atoms with van der Waals surface area (Å²) in [5.74, 6) is 1.26. The van der Waals surface area contributed by atoms with Crippen molar-refractivity contribution < 1.29 is 14.1 Å². The van der Waals surface area contributed by atoms with Crippen LogP contribution >= 0.6 is 11.6 Å². The van der Waals surface area contributed by atoms with Gasteiger partial charge in [0, 0.05) is 6.07 Å². The number of carbonyl (C=O) groups is 1. The summed E-state index contributed by atoms with van der Waals surface area (Å²) in [4.78, 5) is 14.0. The van der Waals surface area contributed by atoms with Gasteiger partial charge in [-0.05, 0) is 24.5 Å². The van der Waals surface area contributed by atoms with Crippen LogP contribution in [0.5, 0.6) is 5.75 Å². The number of likely N-dealkylation sites (tertiary alicyclic amines) is 1. The minimum absolute atomic E-state index is 0.0445. The van der Waals surface area contributed by atoms with Crippen molar-refractivity contribution in [2.24, 2.45) is 5.92 Å². The predicted molar refractivity (Wildman–Crippen MR) is 86.8 cm³/mol. The van der Waals surface area contributed by atoms with Crippen LogP contribution in [0.4, 0.5) is 0 Å². The number of amides is 1. The maximum absolute atomic E-state index is 12.3. The van der Waals surface area contributed by atoms with Crippen LogP contribution in [0.3, 0.4) is 0 Å². The Labute approximate surface area is 140 Å². The molecule has 1 aromatic heterocycles. The van der Waals surface area contributed by atoms with Gasteiger partial charge in [0.05, 0.1) is 23.8 Å². The predicted octanol–water partition coefficient (Wildman–Crippen LogP) is 3.43. The second kappa shape index (κ2) is 6.62. The third kappa shape index (κ3) is 3.67. The fourth-order valence-electron chi connectivity index (χ4n) is 2.48. The molecule has 0 spiro atoms. The standard InChI is InChI=1S/C17H19ClN2O3/c1-11(2)7-12-8-16(23-19-12)17(21)20-9-13(10-20)22-15-6-4-3-5-14(15)18/h3-6,8,11,13H,7,9-10H2,1-2H3. The zero-order valence-corrected chi connectivity index (χ0v) is 13.9. The van der Waals surface area contributed by atoms with Gasteiger partial charge in [0.1, 0.15) is 11.9 Å². The highest BCUT2D eigenvalue weighted by Crippen LogP contribution is 2.27. The quantitative estimate of drug-likeness (QED) is 0.840. The van der Waals surface area contributed by atoms with E-state index in [1.165, 1.54) is 0 Å². The average molecular weight is 335 g/mol. The lowest BCUT2D eigenvalue weighted by atomic mass is 10.1. The normalized spacial score (nSPS) is 14.9. The molecule has 23 heavy (non-hydrogen) atoms. The highest BCUT2D eigenvalue weighted by Gasteiger charge is 2.34. The van der Waals surface area contributed by atoms with Crippen molar-refractivity contribution in [1.82, 2.24) is 10.1 Å². The van der Waals surface area contributed by atoms with Gasteiger partial charge in [0.2, 0.25) is 5.76 Å². The molecule has 0 bridgehead atoms. The summed E-state index contributed by atoms with van der Waals surface area (Å²) >= 11 is 6.06. The Morgan fingerprint density at radius 3 is 2.87 bits per heavy atom. The van der Waals surface area contributed by atoms with Gasteiger partial charge in [-0.3, -0.25) is 4.79 Å². The maximum Gasteiger partial charge on any atom is 0.292 e. The van der Waals surface area contributed by atoms with Crippen LogP contribution < -0.4 is 4.74 Å². The van der Waals surface area contributed by atoms with Crippen LogP contribution in [0.25, 0.3) is 0 Å². The fraction of sp³-hybridized carbons (Fsp3) is 0.412. The molecular weight excluding hydrogens is 316 g/mol. The van der Waals surface area contributed by atoms with Gasteiger partial charge >= 0.3 is 0 Å². The molecule has 3 rings (SSSR count). The Bertz CT molecular complexity index is 693. The molecule has 0 N–H and O–H groups in total. The van der Waals surface area contributed by atoms with Crippen LogP contribution in [-0.4, -0.2) is 35.2 Å². The van der Waals surface area contributed by atoms with E-state index in [9.17, 15) is 4.79 Å². The van der Waals surface area contributed by atoms with Gasteiger partial charge in [-0.1, -0.05) is 42.7 Å². The molecule has 1 amide bonds. The SMILES string of the molecule is CC(C)Cc1cc(C(=O)N2CC(Oc3ccccc3Cl)C2)on1. The molecule has 1 aliphatic rings. The second-order valence-corrected chi connectivity index (χ2v) is 6.57. The van der Waals surface area contributed by atoms with Gasteiger partial charge in [0.15, 0.2) is 0 Å². The lowest BCUT2D eigenvalue weighted by Gasteiger charge is -2.38. The first kappa shape index (κ1) is 15.9. The van der Waals surface area contributed by atoms with E-state index in [4.69, 9.17) is 20.9 Å². The van der Waals surface area contributed by atoms with Gasteiger partial charge in [-0.2, -0.15) is 0 Å². The van der Waals surface area contributed by atoms with E-state index in [1.54, 1.807) is 17.0 Å². The molecule has 5 nitrogen and oxygen atoms in total. The summed E-state index contributed by atoms with van der Waals surface area (Å²) in [7, 11) is 0. The van der Waals surface area contributed by atoms with E-state index < -0.39 is 0 Å². The Morgan fingerprint density at radius 1 is 1.43 bits per heavy atom. The lowest BCUT2D eigenvalue weighted by Crippen LogP contribution is -2.56. The molecule has 0 unspecified atom stereocenters. The summed E-state index contributed by atoms with van der Waals surface area (Å²) in [6.45, 7) is 5.24. The number of rotatable bonds is 5. The Morgan fingerprint density at radius 2 is 2.17 bits per heavy atom. The molecule has 1 aromatic carbocycles. The van der Waals surface area contributed by atoms with E-state index >= 15 is 0 Å². The number of aromatic nitrogens is 1. The van der Waals surface area contributed by atoms with E-state index in [0.29, 0.717) is 29.8 Å². The van der Waals surface area contributed by atoms with Crippen LogP contribution in [0.2, 0.25) is 5.02 Å². The Kier molecular flexibility index (Phi) is 4.57. The topological polar surface area (TPSA) is 55.6 Å². The second-order valence-electron chi connectivity index (χ2n) is 6.16. The first-order valence-electron chi connectivity index (χ1n) is 7.69. The van der Waals surface area contributed by atoms with Crippen molar-refractivity contribution in [3.63, 3.8) is 0 Å². The van der Waals surface area contributed by atoms with Crippen LogP contribution in [0.15, 0.2) is 34.9 Å². The molecule has 6 heteroatoms. The number of nitrogens with zero attached hydrogens (tertiary/aromatic N) is 2. The monoisotopic (exact) mass is 334 g/mol. The third-order valence-corrected chi connectivity index (χ3v) is 3.96. The number of carbonyl (C=O) groups excluding carboxylic acids is 1. The minimum Gasteiger partial charge on any atom is -0.485 e. The van der Waals surface area contributed by atoms with Crippen LogP contribution in [-0.2, 0) is 6.42 Å². The van der Waals surface area contributed by atoms with Crippen LogP contribution in [0, 0.1) is 5.92 Å². The number of benzene rings is 1. The molecule has 0 radical (unpaired) electrons. The summed E-state index contributed by atoms with van der Waals surface area (Å²) in [6.07, 6.45) is 0.756. The molecule has 2 heterocycles. The highest BCUT2D eigenvalue weighted by atomic mass is 35.5. The highest BCUT2D eigenvalue weighted by molar-refractivity contribution is 6.32. The van der Waals surface area contributed by atoms with Crippen molar-refractivity contribution in [2.45, 2.75) is 26.4 Å². The van der Waals surface area contributed by atoms with E-state index in [1.807, 2.05) is 18.2 Å². The van der Waals surface area contributed by atoms with E-state index in [2.05, 4.69) is 19.0 Å². The van der Waals surface area contributed by atoms with Gasteiger partial charge in [0.25, 0.3) is 5.91 Å². The van der Waals surface area contributed by atoms with Gasteiger partial charge in [-0.25, -0.2) is 0 Å². The molecule has 122 valence electrons. The van der Waals surface area contributed by atoms with Crippen molar-refractivity contribution >= 4 is 17.5 Å². The van der Waals surface area contributed by atoms with Crippen LogP contribution in [0.1, 0.15) is 30.1 Å². The molecule has 0 saturated carbocycles. The average Bonchev–Trinajstić information content (AvgIpc) is 2.91. The largest absolute Gasteiger partial charge is 0.485 e. The van der Waals surface area contributed by atoms with Gasteiger partial charge in [-0.15, -0.1) is 0 Å². The van der Waals surface area contributed by atoms with E-state index in [-0.39, 0.29) is 17.8 Å². The number of ether oxygens (including phenoxy) is 1. The van der Waals surface area contributed by atoms with Crippen molar-refractivity contribution in [3.05, 3.63) is 46.8 Å². The van der Waals surface area contributed by atoms with Crippen molar-refractivity contribution in [1.29, 1.82) is 0 Å². The summed E-state index contributed by atoms with van der Waals surface area (Å²) < 4.78 is 10.9. The summed E-state index contributed by atoms with van der Waals surface area (Å²) in [5.41, 5.74) is 0.813. The molecule has 1 aliphatic heterocycles. The smallest absolute Gasteiger partial charge is 0.292 e. The Hall–Kier alpha value is -2.01. The third-order valence-electron chi connectivity index (χ3n) is 3.65. The molecule has 1 fully saturated rings. The van der Waals surface area contributed by atoms with E-state index in [0.717, 1.165) is 12.1 Å². The molecule has 0 aliphatic carbocycles. The summed E-state index contributed by atoms with van der Waals surface area (Å²) in [5, 5.41) is 4.52. The number of para-hydroxylation sites is 1. The first-order chi connectivity index (χ1) is 11.0. The Balaban J connectivity index is 1.53. The lowest BCUT2D eigenvalue weighted by molar-refractivity contribution is 0.0150. The van der Waals surface area contributed by atoms with Gasteiger partial charge < -0.3 is 14.2 Å². The van der Waals surface area contributed by atoms with Crippen molar-refractivity contribution in [3.8, 4) is 5.75 Å². The minimum atomic E-state index is -0.147. The molecule has 2 aromatic rings. The number of hydrogen-bond donors (Lipinski definition) is 0. The first-order valence-corrected chi connectivity index (χ1v) is 8.06. The fourth-order valence-corrected chi connectivity index (χ4v) is 2.66. The molecular formula is C17H19ClN2O3. The molecule has 1 saturated heterocycles. The number of hydrogen-bond acceptors (Lipinski definition) is 4. The number of halogens is 1.